The molecule has 1 heterocycles. The predicted octanol–water partition coefficient (Wildman–Crippen LogP) is 0.375. The smallest absolute Gasteiger partial charge is 0.406 e. The number of amides is 1. The van der Waals surface area contributed by atoms with Gasteiger partial charge in [0.05, 0.1) is 7.11 Å². The van der Waals surface area contributed by atoms with Crippen molar-refractivity contribution >= 4 is 6.09 Å². The van der Waals surface area contributed by atoms with Gasteiger partial charge >= 0.3 is 6.09 Å². The van der Waals surface area contributed by atoms with Gasteiger partial charge < -0.3 is 10.1 Å². The third-order valence-corrected chi connectivity index (χ3v) is 1.48. The van der Waals surface area contributed by atoms with Gasteiger partial charge in [0, 0.05) is 18.9 Å². The van der Waals surface area contributed by atoms with Gasteiger partial charge in [0.1, 0.15) is 6.33 Å². The number of rotatable bonds is 3. The lowest BCUT2D eigenvalue weighted by molar-refractivity contribution is 0.171. The van der Waals surface area contributed by atoms with Crippen LogP contribution >= 0.6 is 0 Å². The molecule has 0 aromatic carbocycles. The fraction of sp³-hybridized carbons (Fsp3) is 0.375. The minimum absolute atomic E-state index is 0.420. The maximum atomic E-state index is 10.6. The minimum atomic E-state index is -0.420. The van der Waals surface area contributed by atoms with E-state index in [0.29, 0.717) is 13.0 Å². The molecule has 0 radical (unpaired) electrons. The van der Waals surface area contributed by atoms with Crippen molar-refractivity contribution in [1.29, 1.82) is 0 Å². The van der Waals surface area contributed by atoms with Crippen molar-refractivity contribution in [1.82, 2.24) is 15.3 Å². The summed E-state index contributed by atoms with van der Waals surface area (Å²) in [6, 6.07) is 0. The van der Waals surface area contributed by atoms with Crippen molar-refractivity contribution in [3.63, 3.8) is 0 Å². The van der Waals surface area contributed by atoms with E-state index in [-0.39, 0.29) is 0 Å². The summed E-state index contributed by atoms with van der Waals surface area (Å²) in [5.41, 5.74) is 0.985. The summed E-state index contributed by atoms with van der Waals surface area (Å²) in [6.45, 7) is 0.528. The van der Waals surface area contributed by atoms with E-state index in [4.69, 9.17) is 0 Å². The van der Waals surface area contributed by atoms with Crippen LogP contribution < -0.4 is 5.32 Å². The second kappa shape index (κ2) is 5.08. The molecule has 1 aromatic heterocycles. The molecule has 1 rings (SSSR count). The van der Waals surface area contributed by atoms with Crippen molar-refractivity contribution in [3.8, 4) is 0 Å². The Hall–Kier alpha value is -1.65. The summed E-state index contributed by atoms with van der Waals surface area (Å²) in [6.07, 6.45) is 5.18. The van der Waals surface area contributed by atoms with Gasteiger partial charge in [-0.25, -0.2) is 14.8 Å². The molecule has 1 amide bonds. The summed E-state index contributed by atoms with van der Waals surface area (Å²) in [5, 5.41) is 2.56. The highest BCUT2D eigenvalue weighted by Crippen LogP contribution is 1.92. The van der Waals surface area contributed by atoms with Crippen LogP contribution in [0.2, 0.25) is 0 Å². The summed E-state index contributed by atoms with van der Waals surface area (Å²) in [4.78, 5) is 18.3. The van der Waals surface area contributed by atoms with Gasteiger partial charge in [0.15, 0.2) is 0 Å². The van der Waals surface area contributed by atoms with Crippen molar-refractivity contribution in [2.24, 2.45) is 0 Å². The first-order chi connectivity index (χ1) is 6.33. The number of hydrogen-bond donors (Lipinski definition) is 1. The Morgan fingerprint density at radius 1 is 1.54 bits per heavy atom. The van der Waals surface area contributed by atoms with Gasteiger partial charge in [-0.05, 0) is 12.0 Å². The van der Waals surface area contributed by atoms with E-state index in [1.54, 1.807) is 12.4 Å². The maximum absolute atomic E-state index is 10.6. The Labute approximate surface area is 76.2 Å². The highest BCUT2D eigenvalue weighted by molar-refractivity contribution is 5.66. The number of nitrogens with one attached hydrogen (secondary N) is 1. The third kappa shape index (κ3) is 3.50. The molecule has 5 heteroatoms. The summed E-state index contributed by atoms with van der Waals surface area (Å²) in [5.74, 6) is 0. The topological polar surface area (TPSA) is 64.1 Å². The molecule has 1 aromatic rings. The first-order valence-electron chi connectivity index (χ1n) is 3.88. The van der Waals surface area contributed by atoms with E-state index in [1.165, 1.54) is 13.4 Å². The van der Waals surface area contributed by atoms with Crippen LogP contribution in [0.3, 0.4) is 0 Å². The van der Waals surface area contributed by atoms with E-state index in [9.17, 15) is 4.79 Å². The van der Waals surface area contributed by atoms with Crippen LogP contribution in [0.1, 0.15) is 5.56 Å². The van der Waals surface area contributed by atoms with E-state index in [0.717, 1.165) is 5.56 Å². The van der Waals surface area contributed by atoms with Crippen molar-refractivity contribution in [2.75, 3.05) is 13.7 Å². The number of carbonyl (C=O) groups excluding carboxylic acids is 1. The standard InChI is InChI=1S/C8H11N3O2/c1-13-8(12)11-3-2-7-4-9-6-10-5-7/h4-6H,2-3H2,1H3,(H,11,12). The van der Waals surface area contributed by atoms with Crippen LogP contribution in [-0.2, 0) is 11.2 Å². The molecule has 0 saturated carbocycles. The molecular weight excluding hydrogens is 170 g/mol. The van der Waals surface area contributed by atoms with Gasteiger partial charge in [-0.2, -0.15) is 0 Å². The highest BCUT2D eigenvalue weighted by atomic mass is 16.5. The molecule has 13 heavy (non-hydrogen) atoms. The number of hydrogen-bond acceptors (Lipinski definition) is 4. The van der Waals surface area contributed by atoms with Crippen LogP contribution in [-0.4, -0.2) is 29.7 Å². The van der Waals surface area contributed by atoms with Crippen LogP contribution in [0.15, 0.2) is 18.7 Å². The number of carbonyl (C=O) groups is 1. The summed E-state index contributed by atoms with van der Waals surface area (Å²) < 4.78 is 4.41. The zero-order valence-corrected chi connectivity index (χ0v) is 7.36. The van der Waals surface area contributed by atoms with Crippen molar-refractivity contribution in [3.05, 3.63) is 24.3 Å². The molecule has 0 aliphatic rings. The Morgan fingerprint density at radius 3 is 2.85 bits per heavy atom. The van der Waals surface area contributed by atoms with E-state index in [2.05, 4.69) is 20.0 Å². The second-order valence-electron chi connectivity index (χ2n) is 2.42. The lowest BCUT2D eigenvalue weighted by atomic mass is 10.2. The fourth-order valence-electron chi connectivity index (χ4n) is 0.840. The normalized spacial score (nSPS) is 9.31. The Morgan fingerprint density at radius 2 is 2.23 bits per heavy atom. The lowest BCUT2D eigenvalue weighted by Gasteiger charge is -2.02. The van der Waals surface area contributed by atoms with E-state index >= 15 is 0 Å². The SMILES string of the molecule is COC(=O)NCCc1cncnc1. The van der Waals surface area contributed by atoms with E-state index < -0.39 is 6.09 Å². The molecule has 0 saturated heterocycles. The Kier molecular flexibility index (Phi) is 3.69. The van der Waals surface area contributed by atoms with Crippen molar-refractivity contribution < 1.29 is 9.53 Å². The van der Waals surface area contributed by atoms with Gasteiger partial charge in [-0.15, -0.1) is 0 Å². The largest absolute Gasteiger partial charge is 0.453 e. The number of ether oxygens (including phenoxy) is 1. The molecule has 0 atom stereocenters. The quantitative estimate of drug-likeness (QED) is 0.732. The maximum Gasteiger partial charge on any atom is 0.406 e. The second-order valence-corrected chi connectivity index (χ2v) is 2.42. The third-order valence-electron chi connectivity index (χ3n) is 1.48. The number of alkyl carbamates (subject to hydrolysis) is 1. The molecule has 1 N–H and O–H groups in total. The monoisotopic (exact) mass is 181 g/mol. The highest BCUT2D eigenvalue weighted by Gasteiger charge is 1.97. The number of aromatic nitrogens is 2. The molecule has 0 unspecified atom stereocenters. The summed E-state index contributed by atoms with van der Waals surface area (Å²) >= 11 is 0. The fourth-order valence-corrected chi connectivity index (χ4v) is 0.840. The molecule has 0 aliphatic heterocycles. The first kappa shape index (κ1) is 9.44. The van der Waals surface area contributed by atoms with Gasteiger partial charge in [0.25, 0.3) is 0 Å². The number of methoxy groups -OCH3 is 1. The Balaban J connectivity index is 2.24. The summed E-state index contributed by atoms with van der Waals surface area (Å²) in [7, 11) is 1.33. The average molecular weight is 181 g/mol. The molecule has 0 fully saturated rings. The molecule has 5 nitrogen and oxygen atoms in total. The zero-order valence-electron chi connectivity index (χ0n) is 7.36. The average Bonchev–Trinajstić information content (AvgIpc) is 2.19. The lowest BCUT2D eigenvalue weighted by Crippen LogP contribution is -2.25. The van der Waals surface area contributed by atoms with E-state index in [1.807, 2.05) is 0 Å². The van der Waals surface area contributed by atoms with Crippen LogP contribution in [0.4, 0.5) is 4.79 Å². The van der Waals surface area contributed by atoms with Crippen LogP contribution in [0.25, 0.3) is 0 Å². The molecule has 70 valence electrons. The van der Waals surface area contributed by atoms with Gasteiger partial charge in [-0.3, -0.25) is 0 Å². The molecular formula is C8H11N3O2. The Bertz CT molecular complexity index is 263. The molecule has 0 aliphatic carbocycles. The first-order valence-corrected chi connectivity index (χ1v) is 3.88. The minimum Gasteiger partial charge on any atom is -0.453 e. The molecule has 0 bridgehead atoms. The predicted molar refractivity (Wildman–Crippen MR) is 46.1 cm³/mol. The van der Waals surface area contributed by atoms with Gasteiger partial charge in [0.2, 0.25) is 0 Å². The zero-order chi connectivity index (χ0) is 9.52. The molecule has 0 spiro atoms. The number of nitrogens with zero attached hydrogens (tertiary/aromatic N) is 2. The van der Waals surface area contributed by atoms with Crippen LogP contribution in [0.5, 0.6) is 0 Å². The van der Waals surface area contributed by atoms with Crippen molar-refractivity contribution in [2.45, 2.75) is 6.42 Å². The van der Waals surface area contributed by atoms with Gasteiger partial charge in [-0.1, -0.05) is 0 Å². The van der Waals surface area contributed by atoms with Crippen LogP contribution in [0, 0.1) is 0 Å².